The molecule has 2 heterocycles. The van der Waals surface area contributed by atoms with Crippen molar-refractivity contribution in [1.29, 1.82) is 0 Å². The van der Waals surface area contributed by atoms with Crippen molar-refractivity contribution >= 4 is 11.9 Å². The minimum Gasteiger partial charge on any atom is -0.485 e. The van der Waals surface area contributed by atoms with Gasteiger partial charge in [-0.15, -0.1) is 5.10 Å². The van der Waals surface area contributed by atoms with Gasteiger partial charge in [-0.3, -0.25) is 10.1 Å². The number of amides is 1. The molecule has 5 rings (SSSR count). The van der Waals surface area contributed by atoms with Crippen LogP contribution >= 0.6 is 0 Å². The molecule has 1 amide bonds. The molecule has 0 fully saturated rings. The molecular formula is C24H19N3O4. The van der Waals surface area contributed by atoms with Crippen LogP contribution in [0, 0.1) is 0 Å². The van der Waals surface area contributed by atoms with Crippen LogP contribution in [0.3, 0.4) is 0 Å². The smallest absolute Gasteiger partial charge is 0.322 e. The first kappa shape index (κ1) is 18.9. The van der Waals surface area contributed by atoms with Gasteiger partial charge in [0.25, 0.3) is 5.89 Å². The highest BCUT2D eigenvalue weighted by Gasteiger charge is 2.29. The van der Waals surface area contributed by atoms with E-state index in [-0.39, 0.29) is 24.4 Å². The summed E-state index contributed by atoms with van der Waals surface area (Å²) in [7, 11) is 0. The lowest BCUT2D eigenvalue weighted by Crippen LogP contribution is -2.22. The molecule has 0 aliphatic carbocycles. The second-order valence-corrected chi connectivity index (χ2v) is 7.05. The van der Waals surface area contributed by atoms with Crippen LogP contribution in [0.15, 0.2) is 89.3 Å². The van der Waals surface area contributed by atoms with E-state index in [2.05, 4.69) is 15.5 Å². The number of carbonyl (C=O) groups excluding carboxylic acids is 1. The SMILES string of the molecule is O=C(Nc1nnc(C2COc3ccccc3O2)o1)C(c1ccccc1)c1ccccc1. The highest BCUT2D eigenvalue weighted by atomic mass is 16.6. The molecule has 31 heavy (non-hydrogen) atoms. The average Bonchev–Trinajstić information content (AvgIpc) is 3.29. The third-order valence-corrected chi connectivity index (χ3v) is 4.98. The summed E-state index contributed by atoms with van der Waals surface area (Å²) in [6.45, 7) is 0.239. The normalized spacial score (nSPS) is 14.9. The number of fused-ring (bicyclic) bond motifs is 1. The van der Waals surface area contributed by atoms with Gasteiger partial charge in [0.1, 0.15) is 6.61 Å². The van der Waals surface area contributed by atoms with Crippen LogP contribution in [0.2, 0.25) is 0 Å². The van der Waals surface area contributed by atoms with E-state index in [1.807, 2.05) is 84.9 Å². The molecule has 1 atom stereocenters. The van der Waals surface area contributed by atoms with Crippen molar-refractivity contribution in [2.75, 3.05) is 11.9 Å². The van der Waals surface area contributed by atoms with Crippen LogP contribution in [0.4, 0.5) is 6.01 Å². The molecule has 0 radical (unpaired) electrons. The van der Waals surface area contributed by atoms with Crippen molar-refractivity contribution in [2.24, 2.45) is 0 Å². The van der Waals surface area contributed by atoms with Gasteiger partial charge in [0.2, 0.25) is 12.0 Å². The number of hydrogen-bond acceptors (Lipinski definition) is 6. The van der Waals surface area contributed by atoms with Crippen molar-refractivity contribution in [2.45, 2.75) is 12.0 Å². The number of benzene rings is 3. The minimum atomic E-state index is -0.549. The van der Waals surface area contributed by atoms with E-state index < -0.39 is 12.0 Å². The Kier molecular flexibility index (Phi) is 5.06. The van der Waals surface area contributed by atoms with Crippen molar-refractivity contribution in [3.63, 3.8) is 0 Å². The minimum absolute atomic E-state index is 0.0133. The number of nitrogens with zero attached hydrogens (tertiary/aromatic N) is 2. The van der Waals surface area contributed by atoms with E-state index in [1.165, 1.54) is 0 Å². The maximum absolute atomic E-state index is 13.2. The highest BCUT2D eigenvalue weighted by Crippen LogP contribution is 2.35. The summed E-state index contributed by atoms with van der Waals surface area (Å²) < 4.78 is 17.3. The van der Waals surface area contributed by atoms with Gasteiger partial charge in [0.05, 0.1) is 5.92 Å². The van der Waals surface area contributed by atoms with Crippen LogP contribution < -0.4 is 14.8 Å². The second kappa shape index (κ2) is 8.31. The monoisotopic (exact) mass is 413 g/mol. The molecule has 1 aromatic heterocycles. The molecule has 0 saturated carbocycles. The molecule has 7 nitrogen and oxygen atoms in total. The Bertz CT molecular complexity index is 1140. The highest BCUT2D eigenvalue weighted by molar-refractivity contribution is 5.96. The van der Waals surface area contributed by atoms with E-state index in [0.29, 0.717) is 11.5 Å². The molecule has 7 heteroatoms. The number of para-hydroxylation sites is 2. The third kappa shape index (κ3) is 3.98. The summed E-state index contributed by atoms with van der Waals surface area (Å²) in [6, 6.07) is 26.5. The lowest BCUT2D eigenvalue weighted by atomic mass is 9.90. The number of anilines is 1. The number of nitrogens with one attached hydrogen (secondary N) is 1. The van der Waals surface area contributed by atoms with Gasteiger partial charge in [0, 0.05) is 0 Å². The predicted molar refractivity (Wildman–Crippen MR) is 113 cm³/mol. The summed E-state index contributed by atoms with van der Waals surface area (Å²) >= 11 is 0. The van der Waals surface area contributed by atoms with Gasteiger partial charge in [-0.05, 0) is 23.3 Å². The number of rotatable bonds is 5. The first-order chi connectivity index (χ1) is 15.3. The standard InChI is InChI=1S/C24H19N3O4/c28-22(21(16-9-3-1-4-10-16)17-11-5-2-6-12-17)25-24-27-26-23(31-24)20-15-29-18-13-7-8-14-19(18)30-20/h1-14,20-21H,15H2,(H,25,27,28). The Labute approximate surface area is 178 Å². The molecular weight excluding hydrogens is 394 g/mol. The number of carbonyl (C=O) groups is 1. The van der Waals surface area contributed by atoms with E-state index in [9.17, 15) is 4.79 Å². The maximum Gasteiger partial charge on any atom is 0.322 e. The second-order valence-electron chi connectivity index (χ2n) is 7.05. The van der Waals surface area contributed by atoms with E-state index in [0.717, 1.165) is 11.1 Å². The topological polar surface area (TPSA) is 86.5 Å². The third-order valence-electron chi connectivity index (χ3n) is 4.98. The fraction of sp³-hybridized carbons (Fsp3) is 0.125. The van der Waals surface area contributed by atoms with Gasteiger partial charge in [-0.25, -0.2) is 0 Å². The van der Waals surface area contributed by atoms with E-state index in [1.54, 1.807) is 0 Å². The summed E-state index contributed by atoms with van der Waals surface area (Å²) in [4.78, 5) is 13.2. The Morgan fingerprint density at radius 3 is 2.13 bits per heavy atom. The molecule has 1 aliphatic rings. The predicted octanol–water partition coefficient (Wildman–Crippen LogP) is 4.35. The van der Waals surface area contributed by atoms with Crippen LogP contribution in [0.25, 0.3) is 0 Å². The number of aromatic nitrogens is 2. The average molecular weight is 413 g/mol. The first-order valence-corrected chi connectivity index (χ1v) is 9.90. The lowest BCUT2D eigenvalue weighted by Gasteiger charge is -2.23. The summed E-state index contributed by atoms with van der Waals surface area (Å²) in [6.07, 6.45) is -0.549. The van der Waals surface area contributed by atoms with Crippen molar-refractivity contribution in [1.82, 2.24) is 10.2 Å². The van der Waals surface area contributed by atoms with Crippen molar-refractivity contribution < 1.29 is 18.7 Å². The summed E-state index contributed by atoms with van der Waals surface area (Å²) in [5.41, 5.74) is 1.73. The molecule has 154 valence electrons. The van der Waals surface area contributed by atoms with E-state index >= 15 is 0 Å². The molecule has 4 aromatic rings. The molecule has 0 spiro atoms. The molecule has 0 bridgehead atoms. The van der Waals surface area contributed by atoms with Gasteiger partial charge in [-0.2, -0.15) is 0 Å². The zero-order valence-corrected chi connectivity index (χ0v) is 16.5. The van der Waals surface area contributed by atoms with Crippen molar-refractivity contribution in [3.8, 4) is 11.5 Å². The molecule has 3 aromatic carbocycles. The first-order valence-electron chi connectivity index (χ1n) is 9.90. The van der Waals surface area contributed by atoms with Gasteiger partial charge >= 0.3 is 6.01 Å². The van der Waals surface area contributed by atoms with Gasteiger partial charge in [-0.1, -0.05) is 77.9 Å². The Morgan fingerprint density at radius 1 is 0.839 bits per heavy atom. The Hall–Kier alpha value is -4.13. The van der Waals surface area contributed by atoms with Crippen molar-refractivity contribution in [3.05, 3.63) is 102 Å². The largest absolute Gasteiger partial charge is 0.485 e. The van der Waals surface area contributed by atoms with E-state index in [4.69, 9.17) is 13.9 Å². The zero-order chi connectivity index (χ0) is 21.0. The Balaban J connectivity index is 1.35. The summed E-state index contributed by atoms with van der Waals surface area (Å²) in [5, 5.41) is 10.7. The lowest BCUT2D eigenvalue weighted by molar-refractivity contribution is -0.116. The Morgan fingerprint density at radius 2 is 1.45 bits per heavy atom. The fourth-order valence-corrected chi connectivity index (χ4v) is 3.52. The van der Waals surface area contributed by atoms with Crippen LogP contribution in [-0.4, -0.2) is 22.7 Å². The fourth-order valence-electron chi connectivity index (χ4n) is 3.52. The molecule has 1 unspecified atom stereocenters. The zero-order valence-electron chi connectivity index (χ0n) is 16.5. The van der Waals surface area contributed by atoms with Crippen LogP contribution in [0.5, 0.6) is 11.5 Å². The number of ether oxygens (including phenoxy) is 2. The van der Waals surface area contributed by atoms with Crippen LogP contribution in [-0.2, 0) is 4.79 Å². The molecule has 1 aliphatic heterocycles. The van der Waals surface area contributed by atoms with Gasteiger partial charge < -0.3 is 13.9 Å². The molecule has 0 saturated heterocycles. The summed E-state index contributed by atoms with van der Waals surface area (Å²) in [5.74, 6) is 0.731. The maximum atomic E-state index is 13.2. The quantitative estimate of drug-likeness (QED) is 0.523. The van der Waals surface area contributed by atoms with Gasteiger partial charge in [0.15, 0.2) is 11.5 Å². The molecule has 1 N–H and O–H groups in total. The van der Waals surface area contributed by atoms with Crippen LogP contribution in [0.1, 0.15) is 29.0 Å². The number of hydrogen-bond donors (Lipinski definition) is 1.